The molecule has 0 fully saturated rings. The van der Waals surface area contributed by atoms with Crippen molar-refractivity contribution >= 4 is 11.6 Å². The van der Waals surface area contributed by atoms with Crippen molar-refractivity contribution < 1.29 is 9.47 Å². The van der Waals surface area contributed by atoms with Gasteiger partial charge >= 0.3 is 0 Å². The summed E-state index contributed by atoms with van der Waals surface area (Å²) in [4.78, 5) is 0. The highest BCUT2D eigenvalue weighted by Crippen LogP contribution is 2.18. The van der Waals surface area contributed by atoms with E-state index in [1.807, 2.05) is 49.4 Å². The quantitative estimate of drug-likeness (QED) is 0.757. The van der Waals surface area contributed by atoms with Gasteiger partial charge in [-0.05, 0) is 36.4 Å². The molecule has 2 aromatic rings. The van der Waals surface area contributed by atoms with Crippen LogP contribution in [0.5, 0.6) is 11.5 Å². The second-order valence-electron chi connectivity index (χ2n) is 3.57. The predicted molar refractivity (Wildman–Crippen MR) is 68.6 cm³/mol. The Balaban J connectivity index is 1.93. The molecule has 0 saturated heterocycles. The van der Waals surface area contributed by atoms with Crippen molar-refractivity contribution in [3.05, 3.63) is 59.6 Å². The molecule has 2 rings (SSSR count). The Morgan fingerprint density at radius 1 is 0.824 bits per heavy atom. The smallest absolute Gasteiger partial charge is 0.238 e. The number of rotatable bonds is 4. The van der Waals surface area contributed by atoms with Gasteiger partial charge < -0.3 is 9.47 Å². The van der Waals surface area contributed by atoms with Gasteiger partial charge in [0.1, 0.15) is 11.5 Å². The van der Waals surface area contributed by atoms with Gasteiger partial charge in [0, 0.05) is 11.9 Å². The molecular weight excluding hydrogens is 236 g/mol. The summed E-state index contributed by atoms with van der Waals surface area (Å²) in [5, 5.41) is 0.689. The second-order valence-corrected chi connectivity index (χ2v) is 4.01. The number of hydrogen-bond acceptors (Lipinski definition) is 2. The first kappa shape index (κ1) is 11.8. The fourth-order valence-electron chi connectivity index (χ4n) is 1.42. The molecule has 0 N–H and O–H groups in total. The average Bonchev–Trinajstić information content (AvgIpc) is 2.33. The third kappa shape index (κ3) is 3.68. The summed E-state index contributed by atoms with van der Waals surface area (Å²) in [7, 11) is 0. The molecule has 0 saturated carbocycles. The molecular formula is C14H13ClO2. The SMILES string of the molecule is CC(Oc1ccccc1)Oc1ccc(Cl)cc1. The lowest BCUT2D eigenvalue weighted by Crippen LogP contribution is -2.19. The number of para-hydroxylation sites is 1. The third-order valence-corrected chi connectivity index (χ3v) is 2.41. The lowest BCUT2D eigenvalue weighted by atomic mass is 10.3. The maximum Gasteiger partial charge on any atom is 0.238 e. The van der Waals surface area contributed by atoms with E-state index < -0.39 is 0 Å². The van der Waals surface area contributed by atoms with Crippen LogP contribution in [0.3, 0.4) is 0 Å². The van der Waals surface area contributed by atoms with Crippen LogP contribution in [0.4, 0.5) is 0 Å². The van der Waals surface area contributed by atoms with E-state index in [2.05, 4.69) is 0 Å². The van der Waals surface area contributed by atoms with Gasteiger partial charge in [0.25, 0.3) is 0 Å². The minimum absolute atomic E-state index is 0.349. The summed E-state index contributed by atoms with van der Waals surface area (Å²) in [5.74, 6) is 1.52. The van der Waals surface area contributed by atoms with Gasteiger partial charge in [-0.3, -0.25) is 0 Å². The molecule has 0 amide bonds. The largest absolute Gasteiger partial charge is 0.455 e. The van der Waals surface area contributed by atoms with Crippen LogP contribution in [-0.2, 0) is 0 Å². The Morgan fingerprint density at radius 3 is 1.94 bits per heavy atom. The zero-order chi connectivity index (χ0) is 12.1. The van der Waals surface area contributed by atoms with Crippen LogP contribution in [0.1, 0.15) is 6.92 Å². The van der Waals surface area contributed by atoms with E-state index in [1.54, 1.807) is 12.1 Å². The zero-order valence-corrected chi connectivity index (χ0v) is 10.2. The first-order valence-corrected chi connectivity index (χ1v) is 5.76. The van der Waals surface area contributed by atoms with Gasteiger partial charge in [-0.2, -0.15) is 0 Å². The Labute approximate surface area is 106 Å². The van der Waals surface area contributed by atoms with Crippen LogP contribution in [0.25, 0.3) is 0 Å². The van der Waals surface area contributed by atoms with E-state index in [9.17, 15) is 0 Å². The van der Waals surface area contributed by atoms with Crippen molar-refractivity contribution in [3.8, 4) is 11.5 Å². The highest BCUT2D eigenvalue weighted by Gasteiger charge is 2.04. The summed E-state index contributed by atoms with van der Waals surface area (Å²) in [6.45, 7) is 1.85. The fraction of sp³-hybridized carbons (Fsp3) is 0.143. The molecule has 0 bridgehead atoms. The van der Waals surface area contributed by atoms with Gasteiger partial charge in [-0.15, -0.1) is 0 Å². The van der Waals surface area contributed by atoms with Crippen molar-refractivity contribution in [2.75, 3.05) is 0 Å². The molecule has 2 aromatic carbocycles. The van der Waals surface area contributed by atoms with E-state index in [1.165, 1.54) is 0 Å². The molecule has 0 aliphatic heterocycles. The Bertz CT molecular complexity index is 453. The van der Waals surface area contributed by atoms with Crippen molar-refractivity contribution in [2.45, 2.75) is 13.2 Å². The zero-order valence-electron chi connectivity index (χ0n) is 9.47. The number of ether oxygens (including phenoxy) is 2. The third-order valence-electron chi connectivity index (χ3n) is 2.16. The molecule has 0 radical (unpaired) electrons. The topological polar surface area (TPSA) is 18.5 Å². The first-order chi connectivity index (χ1) is 8.24. The molecule has 0 heterocycles. The van der Waals surface area contributed by atoms with Crippen LogP contribution in [-0.4, -0.2) is 6.29 Å². The summed E-state index contributed by atoms with van der Waals surface area (Å²) in [6, 6.07) is 16.8. The minimum atomic E-state index is -0.349. The van der Waals surface area contributed by atoms with Gasteiger partial charge in [0.2, 0.25) is 6.29 Å². The number of benzene rings is 2. The van der Waals surface area contributed by atoms with Crippen molar-refractivity contribution in [1.82, 2.24) is 0 Å². The molecule has 0 spiro atoms. The average molecular weight is 249 g/mol. The van der Waals surface area contributed by atoms with Crippen molar-refractivity contribution in [3.63, 3.8) is 0 Å². The number of halogens is 1. The molecule has 1 atom stereocenters. The Hall–Kier alpha value is -1.67. The monoisotopic (exact) mass is 248 g/mol. The molecule has 2 nitrogen and oxygen atoms in total. The van der Waals surface area contributed by atoms with Gasteiger partial charge in [0.15, 0.2) is 0 Å². The summed E-state index contributed by atoms with van der Waals surface area (Å²) in [6.07, 6.45) is -0.349. The van der Waals surface area contributed by atoms with Crippen LogP contribution < -0.4 is 9.47 Å². The Morgan fingerprint density at radius 2 is 1.35 bits per heavy atom. The molecule has 17 heavy (non-hydrogen) atoms. The highest BCUT2D eigenvalue weighted by molar-refractivity contribution is 6.30. The van der Waals surface area contributed by atoms with Crippen LogP contribution in [0.15, 0.2) is 54.6 Å². The standard InChI is InChI=1S/C14H13ClO2/c1-11(16-13-5-3-2-4-6-13)17-14-9-7-12(15)8-10-14/h2-11H,1H3. The molecule has 1 unspecified atom stereocenters. The lowest BCUT2D eigenvalue weighted by Gasteiger charge is -2.16. The molecule has 0 aliphatic carbocycles. The van der Waals surface area contributed by atoms with E-state index in [0.29, 0.717) is 5.02 Å². The molecule has 0 aromatic heterocycles. The van der Waals surface area contributed by atoms with Gasteiger partial charge in [0.05, 0.1) is 0 Å². The van der Waals surface area contributed by atoms with E-state index in [4.69, 9.17) is 21.1 Å². The maximum atomic E-state index is 5.79. The van der Waals surface area contributed by atoms with Gasteiger partial charge in [-0.1, -0.05) is 29.8 Å². The Kier molecular flexibility index (Phi) is 3.89. The maximum absolute atomic E-state index is 5.79. The van der Waals surface area contributed by atoms with E-state index in [-0.39, 0.29) is 6.29 Å². The molecule has 0 aliphatic rings. The van der Waals surface area contributed by atoms with Gasteiger partial charge in [-0.25, -0.2) is 0 Å². The summed E-state index contributed by atoms with van der Waals surface area (Å²) < 4.78 is 11.2. The lowest BCUT2D eigenvalue weighted by molar-refractivity contribution is 0.0223. The molecule has 88 valence electrons. The summed E-state index contributed by atoms with van der Waals surface area (Å²) in [5.41, 5.74) is 0. The van der Waals surface area contributed by atoms with Crippen molar-refractivity contribution in [1.29, 1.82) is 0 Å². The van der Waals surface area contributed by atoms with E-state index >= 15 is 0 Å². The first-order valence-electron chi connectivity index (χ1n) is 5.38. The van der Waals surface area contributed by atoms with E-state index in [0.717, 1.165) is 11.5 Å². The minimum Gasteiger partial charge on any atom is -0.455 e. The normalized spacial score (nSPS) is 11.9. The van der Waals surface area contributed by atoms with Crippen LogP contribution in [0, 0.1) is 0 Å². The van der Waals surface area contributed by atoms with Crippen LogP contribution >= 0.6 is 11.6 Å². The fourth-order valence-corrected chi connectivity index (χ4v) is 1.55. The number of hydrogen-bond donors (Lipinski definition) is 0. The predicted octanol–water partition coefficient (Wildman–Crippen LogP) is 4.14. The molecule has 3 heteroatoms. The van der Waals surface area contributed by atoms with Crippen LogP contribution in [0.2, 0.25) is 5.02 Å². The highest BCUT2D eigenvalue weighted by atomic mass is 35.5. The summed E-state index contributed by atoms with van der Waals surface area (Å²) >= 11 is 5.79. The van der Waals surface area contributed by atoms with Crippen molar-refractivity contribution in [2.24, 2.45) is 0 Å². The second kappa shape index (κ2) is 5.60.